The highest BCUT2D eigenvalue weighted by molar-refractivity contribution is 5.36. The van der Waals surface area contributed by atoms with Gasteiger partial charge in [0.2, 0.25) is 0 Å². The highest BCUT2D eigenvalue weighted by Crippen LogP contribution is 2.34. The van der Waals surface area contributed by atoms with Gasteiger partial charge in [0.15, 0.2) is 0 Å². The molecule has 0 radical (unpaired) electrons. The Kier molecular flexibility index (Phi) is 3.65. The predicted octanol–water partition coefficient (Wildman–Crippen LogP) is 3.38. The maximum absolute atomic E-state index is 5.98. The fraction of sp³-hybridized carbons (Fsp3) is 0.438. The van der Waals surface area contributed by atoms with Gasteiger partial charge in [0, 0.05) is 6.54 Å². The van der Waals surface area contributed by atoms with Crippen molar-refractivity contribution in [1.82, 2.24) is 9.78 Å². The average molecular weight is 255 g/mol. The third kappa shape index (κ3) is 2.43. The summed E-state index contributed by atoms with van der Waals surface area (Å²) >= 11 is 0. The van der Waals surface area contributed by atoms with Crippen LogP contribution in [0.1, 0.15) is 49.3 Å². The lowest BCUT2D eigenvalue weighted by Crippen LogP contribution is -2.12. The van der Waals surface area contributed by atoms with Crippen LogP contribution in [0.3, 0.4) is 0 Å². The smallest absolute Gasteiger partial charge is 0.0649 e. The van der Waals surface area contributed by atoms with Crippen LogP contribution in [0.2, 0.25) is 0 Å². The standard InChI is InChI=1S/C16H21N3/c17-11-16-15(13-7-3-1-4-8-13)12-18-19(16)14-9-5-2-6-10-14/h2,5-6,9-10,12-13H,1,3-4,7-8,11,17H2. The number of hydrogen-bond donors (Lipinski definition) is 1. The summed E-state index contributed by atoms with van der Waals surface area (Å²) in [6.45, 7) is 0.556. The second kappa shape index (κ2) is 5.57. The second-order valence-corrected chi connectivity index (χ2v) is 5.33. The zero-order chi connectivity index (χ0) is 13.1. The van der Waals surface area contributed by atoms with E-state index < -0.39 is 0 Å². The summed E-state index contributed by atoms with van der Waals surface area (Å²) < 4.78 is 2.00. The number of nitrogens with two attached hydrogens (primary N) is 1. The Morgan fingerprint density at radius 1 is 1.11 bits per heavy atom. The third-order valence-electron chi connectivity index (χ3n) is 4.14. The molecule has 2 N–H and O–H groups in total. The van der Waals surface area contributed by atoms with Gasteiger partial charge in [-0.1, -0.05) is 37.5 Å². The molecular formula is C16H21N3. The van der Waals surface area contributed by atoms with Gasteiger partial charge in [-0.25, -0.2) is 4.68 Å². The summed E-state index contributed by atoms with van der Waals surface area (Å²) in [5.41, 5.74) is 9.63. The first-order valence-corrected chi connectivity index (χ1v) is 7.22. The topological polar surface area (TPSA) is 43.8 Å². The SMILES string of the molecule is NCc1c(C2CCCCC2)cnn1-c1ccccc1. The van der Waals surface area contributed by atoms with Crippen LogP contribution in [0, 0.1) is 0 Å². The van der Waals surface area contributed by atoms with Crippen molar-refractivity contribution in [2.45, 2.75) is 44.6 Å². The summed E-state index contributed by atoms with van der Waals surface area (Å²) in [5, 5.41) is 4.57. The minimum absolute atomic E-state index is 0.556. The number of para-hydroxylation sites is 1. The Balaban J connectivity index is 1.96. The largest absolute Gasteiger partial charge is 0.325 e. The van der Waals surface area contributed by atoms with Crippen LogP contribution in [-0.2, 0) is 6.54 Å². The van der Waals surface area contributed by atoms with E-state index in [-0.39, 0.29) is 0 Å². The van der Waals surface area contributed by atoms with Gasteiger partial charge in [-0.05, 0) is 36.5 Å². The highest BCUT2D eigenvalue weighted by Gasteiger charge is 2.21. The van der Waals surface area contributed by atoms with Crippen LogP contribution in [0.4, 0.5) is 0 Å². The monoisotopic (exact) mass is 255 g/mol. The van der Waals surface area contributed by atoms with Crippen molar-refractivity contribution < 1.29 is 0 Å². The zero-order valence-electron chi connectivity index (χ0n) is 11.3. The molecule has 3 nitrogen and oxygen atoms in total. The van der Waals surface area contributed by atoms with Crippen LogP contribution in [0.25, 0.3) is 5.69 Å². The molecule has 3 heteroatoms. The molecule has 0 unspecified atom stereocenters. The highest BCUT2D eigenvalue weighted by atomic mass is 15.3. The van der Waals surface area contributed by atoms with E-state index >= 15 is 0 Å². The normalized spacial score (nSPS) is 16.7. The van der Waals surface area contributed by atoms with Gasteiger partial charge in [0.1, 0.15) is 0 Å². The van der Waals surface area contributed by atoms with Crippen molar-refractivity contribution in [2.75, 3.05) is 0 Å². The zero-order valence-corrected chi connectivity index (χ0v) is 11.3. The molecule has 0 spiro atoms. The minimum atomic E-state index is 0.556. The molecule has 3 rings (SSSR count). The molecule has 0 bridgehead atoms. The first kappa shape index (κ1) is 12.4. The van der Waals surface area contributed by atoms with Crippen molar-refractivity contribution >= 4 is 0 Å². The van der Waals surface area contributed by atoms with Crippen LogP contribution in [-0.4, -0.2) is 9.78 Å². The second-order valence-electron chi connectivity index (χ2n) is 5.33. The molecule has 0 atom stereocenters. The van der Waals surface area contributed by atoms with Crippen molar-refractivity contribution in [1.29, 1.82) is 0 Å². The van der Waals surface area contributed by atoms with E-state index in [0.717, 1.165) is 5.69 Å². The van der Waals surface area contributed by atoms with Crippen LogP contribution in [0.5, 0.6) is 0 Å². The molecule has 19 heavy (non-hydrogen) atoms. The molecule has 1 heterocycles. The van der Waals surface area contributed by atoms with E-state index in [1.807, 2.05) is 29.1 Å². The van der Waals surface area contributed by atoms with Gasteiger partial charge < -0.3 is 5.73 Å². The van der Waals surface area contributed by atoms with E-state index in [2.05, 4.69) is 17.2 Å². The summed E-state index contributed by atoms with van der Waals surface area (Å²) in [6, 6.07) is 10.3. The summed E-state index contributed by atoms with van der Waals surface area (Å²) in [4.78, 5) is 0. The van der Waals surface area contributed by atoms with Crippen molar-refractivity contribution in [3.63, 3.8) is 0 Å². The molecule has 1 fully saturated rings. The van der Waals surface area contributed by atoms with Crippen LogP contribution >= 0.6 is 0 Å². The summed E-state index contributed by atoms with van der Waals surface area (Å²) in [5.74, 6) is 0.657. The fourth-order valence-corrected chi connectivity index (χ4v) is 3.14. The maximum Gasteiger partial charge on any atom is 0.0649 e. The Labute approximate surface area is 114 Å². The minimum Gasteiger partial charge on any atom is -0.325 e. The number of benzene rings is 1. The molecule has 0 saturated heterocycles. The quantitative estimate of drug-likeness (QED) is 0.913. The maximum atomic E-state index is 5.98. The van der Waals surface area contributed by atoms with Crippen molar-refractivity contribution in [3.8, 4) is 5.69 Å². The third-order valence-corrected chi connectivity index (χ3v) is 4.14. The van der Waals surface area contributed by atoms with Gasteiger partial charge in [0.25, 0.3) is 0 Å². The first-order valence-electron chi connectivity index (χ1n) is 7.22. The molecule has 100 valence electrons. The molecule has 0 amide bonds. The van der Waals surface area contributed by atoms with Gasteiger partial charge in [-0.15, -0.1) is 0 Å². The Morgan fingerprint density at radius 2 is 1.84 bits per heavy atom. The van der Waals surface area contributed by atoms with Gasteiger partial charge in [-0.3, -0.25) is 0 Å². The lowest BCUT2D eigenvalue weighted by atomic mass is 9.84. The molecule has 1 aromatic heterocycles. The molecule has 1 aromatic carbocycles. The molecule has 1 aliphatic carbocycles. The average Bonchev–Trinajstić information content (AvgIpc) is 2.93. The Morgan fingerprint density at radius 3 is 2.53 bits per heavy atom. The van der Waals surface area contributed by atoms with Crippen molar-refractivity contribution in [2.24, 2.45) is 5.73 Å². The van der Waals surface area contributed by atoms with E-state index in [4.69, 9.17) is 5.73 Å². The summed E-state index contributed by atoms with van der Waals surface area (Å²) in [6.07, 6.45) is 8.66. The Hall–Kier alpha value is -1.61. The van der Waals surface area contributed by atoms with Crippen LogP contribution < -0.4 is 5.73 Å². The number of hydrogen-bond acceptors (Lipinski definition) is 2. The Bertz CT molecular complexity index is 524. The molecular weight excluding hydrogens is 234 g/mol. The number of aromatic nitrogens is 2. The van der Waals surface area contributed by atoms with E-state index in [1.54, 1.807) is 0 Å². The molecule has 1 aliphatic rings. The fourth-order valence-electron chi connectivity index (χ4n) is 3.14. The van der Waals surface area contributed by atoms with Crippen LogP contribution in [0.15, 0.2) is 36.5 Å². The number of rotatable bonds is 3. The lowest BCUT2D eigenvalue weighted by Gasteiger charge is -2.21. The molecule has 1 saturated carbocycles. The van der Waals surface area contributed by atoms with Gasteiger partial charge >= 0.3 is 0 Å². The lowest BCUT2D eigenvalue weighted by molar-refractivity contribution is 0.441. The van der Waals surface area contributed by atoms with E-state index in [1.165, 1.54) is 43.4 Å². The summed E-state index contributed by atoms with van der Waals surface area (Å²) in [7, 11) is 0. The van der Waals surface area contributed by atoms with Crippen molar-refractivity contribution in [3.05, 3.63) is 47.8 Å². The molecule has 2 aromatic rings. The predicted molar refractivity (Wildman–Crippen MR) is 77.3 cm³/mol. The van der Waals surface area contributed by atoms with E-state index in [9.17, 15) is 0 Å². The number of nitrogens with zero attached hydrogens (tertiary/aromatic N) is 2. The van der Waals surface area contributed by atoms with E-state index in [0.29, 0.717) is 12.5 Å². The van der Waals surface area contributed by atoms with Gasteiger partial charge in [0.05, 0.1) is 17.6 Å². The van der Waals surface area contributed by atoms with Gasteiger partial charge in [-0.2, -0.15) is 5.10 Å². The first-order chi connectivity index (χ1) is 9.40. The molecule has 0 aliphatic heterocycles.